The van der Waals surface area contributed by atoms with Crippen LogP contribution in [-0.2, 0) is 6.54 Å². The van der Waals surface area contributed by atoms with Crippen molar-refractivity contribution >= 4 is 0 Å². The summed E-state index contributed by atoms with van der Waals surface area (Å²) >= 11 is 0. The number of hydrogen-bond donors (Lipinski definition) is 0. The van der Waals surface area contributed by atoms with Gasteiger partial charge < -0.3 is 4.57 Å². The van der Waals surface area contributed by atoms with E-state index in [9.17, 15) is 0 Å². The van der Waals surface area contributed by atoms with Gasteiger partial charge in [-0.05, 0) is 0 Å². The Morgan fingerprint density at radius 1 is 1.75 bits per heavy atom. The standard InChI is InChI=1S/C6H4N2/c1-2-6-4-7-5-8(6)3-1/h1,4H,3H2. The molecule has 1 aromatic heterocycles. The number of nitrogens with zero attached hydrogens (tertiary/aromatic N) is 2. The predicted molar refractivity (Wildman–Crippen MR) is 28.0 cm³/mol. The van der Waals surface area contributed by atoms with Gasteiger partial charge in [0, 0.05) is 12.6 Å². The van der Waals surface area contributed by atoms with Gasteiger partial charge in [-0.2, -0.15) is 0 Å². The van der Waals surface area contributed by atoms with Crippen molar-refractivity contribution in [3.05, 3.63) is 30.4 Å². The first kappa shape index (κ1) is 3.89. The van der Waals surface area contributed by atoms with Gasteiger partial charge in [-0.25, -0.2) is 4.98 Å². The fourth-order valence-electron chi connectivity index (χ4n) is 0.779. The lowest BCUT2D eigenvalue weighted by Gasteiger charge is -1.87. The van der Waals surface area contributed by atoms with Crippen LogP contribution in [0.5, 0.6) is 0 Å². The molecule has 0 N–H and O–H groups in total. The molecule has 2 heterocycles. The Kier molecular flexibility index (Phi) is 0.592. The summed E-state index contributed by atoms with van der Waals surface area (Å²) in [6.45, 7) is 0.884. The van der Waals surface area contributed by atoms with E-state index < -0.39 is 0 Å². The summed E-state index contributed by atoms with van der Waals surface area (Å²) in [5, 5.41) is 0. The van der Waals surface area contributed by atoms with Crippen molar-refractivity contribution in [2.45, 2.75) is 6.54 Å². The highest BCUT2D eigenvalue weighted by molar-refractivity contribution is 5.14. The normalized spacial score (nSPS) is 14.5. The van der Waals surface area contributed by atoms with Crippen molar-refractivity contribution in [2.24, 2.45) is 0 Å². The van der Waals surface area contributed by atoms with E-state index in [1.54, 1.807) is 6.20 Å². The average Bonchev–Trinajstić information content (AvgIpc) is 2.15. The fraction of sp³-hybridized carbons (Fsp3) is 0.167. The van der Waals surface area contributed by atoms with Crippen molar-refractivity contribution in [3.8, 4) is 0 Å². The Hall–Kier alpha value is -1.05. The van der Waals surface area contributed by atoms with E-state index in [2.05, 4.69) is 17.4 Å². The van der Waals surface area contributed by atoms with Gasteiger partial charge in [0.2, 0.25) is 0 Å². The zero-order valence-corrected chi connectivity index (χ0v) is 4.26. The Morgan fingerprint density at radius 3 is 3.62 bits per heavy atom. The van der Waals surface area contributed by atoms with Crippen molar-refractivity contribution in [1.29, 1.82) is 0 Å². The zero-order valence-electron chi connectivity index (χ0n) is 4.26. The summed E-state index contributed by atoms with van der Waals surface area (Å²) in [7, 11) is 0. The second-order valence-electron chi connectivity index (χ2n) is 1.70. The molecule has 8 heavy (non-hydrogen) atoms. The molecular weight excluding hydrogens is 100 g/mol. The van der Waals surface area contributed by atoms with Gasteiger partial charge in [-0.15, -0.1) is 0 Å². The molecule has 1 aromatic rings. The van der Waals surface area contributed by atoms with Crippen LogP contribution in [0.25, 0.3) is 0 Å². The van der Waals surface area contributed by atoms with Gasteiger partial charge in [-0.1, -0.05) is 6.08 Å². The van der Waals surface area contributed by atoms with Gasteiger partial charge in [0.25, 0.3) is 0 Å². The van der Waals surface area contributed by atoms with E-state index in [1.165, 1.54) is 0 Å². The van der Waals surface area contributed by atoms with E-state index in [4.69, 9.17) is 0 Å². The van der Waals surface area contributed by atoms with Crippen molar-refractivity contribution in [3.63, 3.8) is 0 Å². The first-order chi connectivity index (χ1) is 3.97. The summed E-state index contributed by atoms with van der Waals surface area (Å²) in [6, 6.07) is 0. The van der Waals surface area contributed by atoms with Crippen LogP contribution in [0.4, 0.5) is 0 Å². The second kappa shape index (κ2) is 1.22. The summed E-state index contributed by atoms with van der Waals surface area (Å²) in [4.78, 5) is 3.80. The molecule has 0 saturated heterocycles. The summed E-state index contributed by atoms with van der Waals surface area (Å²) in [6.07, 6.45) is 9.53. The minimum atomic E-state index is 0.884. The van der Waals surface area contributed by atoms with Crippen molar-refractivity contribution in [2.75, 3.05) is 0 Å². The van der Waals surface area contributed by atoms with Crippen LogP contribution in [0.1, 0.15) is 5.69 Å². The Bertz CT molecular complexity index is 222. The molecule has 2 heteroatoms. The zero-order chi connectivity index (χ0) is 5.40. The third-order valence-electron chi connectivity index (χ3n) is 1.18. The third kappa shape index (κ3) is 0.346. The topological polar surface area (TPSA) is 17.8 Å². The maximum atomic E-state index is 3.80. The van der Waals surface area contributed by atoms with Crippen LogP contribution in [0.2, 0.25) is 0 Å². The van der Waals surface area contributed by atoms with Gasteiger partial charge in [-0.3, -0.25) is 0 Å². The molecule has 0 unspecified atom stereocenters. The SMILES string of the molecule is [C]1=CCn2[c]ncc21. The molecule has 0 aromatic carbocycles. The van der Waals surface area contributed by atoms with Gasteiger partial charge in [0.15, 0.2) is 6.33 Å². The third-order valence-corrected chi connectivity index (χ3v) is 1.18. The van der Waals surface area contributed by atoms with Crippen LogP contribution in [0, 0.1) is 12.4 Å². The fourth-order valence-corrected chi connectivity index (χ4v) is 0.779. The molecule has 0 bridgehead atoms. The molecule has 0 saturated carbocycles. The average molecular weight is 104 g/mol. The quantitative estimate of drug-likeness (QED) is 0.466. The van der Waals surface area contributed by atoms with Gasteiger partial charge >= 0.3 is 0 Å². The molecule has 0 fully saturated rings. The first-order valence-electron chi connectivity index (χ1n) is 2.48. The van der Waals surface area contributed by atoms with E-state index in [0.29, 0.717) is 0 Å². The highest BCUT2D eigenvalue weighted by Gasteiger charge is 2.01. The molecule has 0 atom stereocenters. The number of hydrogen-bond acceptors (Lipinski definition) is 1. The molecule has 2 nitrogen and oxygen atoms in total. The predicted octanol–water partition coefficient (Wildman–Crippen LogP) is 0.404. The number of fused-ring (bicyclic) bond motifs is 1. The van der Waals surface area contributed by atoms with E-state index >= 15 is 0 Å². The summed E-state index contributed by atoms with van der Waals surface area (Å²) in [5.41, 5.74) is 1.03. The second-order valence-corrected chi connectivity index (χ2v) is 1.70. The van der Waals surface area contributed by atoms with Gasteiger partial charge in [0.1, 0.15) is 0 Å². The van der Waals surface area contributed by atoms with E-state index in [1.807, 2.05) is 10.6 Å². The van der Waals surface area contributed by atoms with E-state index in [-0.39, 0.29) is 0 Å². The lowest BCUT2D eigenvalue weighted by atomic mass is 10.5. The van der Waals surface area contributed by atoms with Crippen LogP contribution in [0.15, 0.2) is 12.3 Å². The first-order valence-corrected chi connectivity index (χ1v) is 2.48. The summed E-state index contributed by atoms with van der Waals surface area (Å²) < 4.78 is 1.92. The van der Waals surface area contributed by atoms with Crippen LogP contribution in [0.3, 0.4) is 0 Å². The largest absolute Gasteiger partial charge is 0.317 e. The number of allylic oxidation sites excluding steroid dienone is 1. The van der Waals surface area contributed by atoms with Crippen molar-refractivity contribution in [1.82, 2.24) is 9.55 Å². The Morgan fingerprint density at radius 2 is 2.75 bits per heavy atom. The minimum absolute atomic E-state index is 0.884. The molecule has 0 spiro atoms. The molecular formula is C6H4N2. The molecule has 0 aliphatic carbocycles. The lowest BCUT2D eigenvalue weighted by molar-refractivity contribution is 0.827. The smallest absolute Gasteiger partial charge is 0.177 e. The van der Waals surface area contributed by atoms with Crippen LogP contribution >= 0.6 is 0 Å². The molecule has 2 rings (SSSR count). The monoisotopic (exact) mass is 104 g/mol. The molecule has 0 amide bonds. The minimum Gasteiger partial charge on any atom is -0.317 e. The highest BCUT2D eigenvalue weighted by Crippen LogP contribution is 2.04. The number of aromatic nitrogens is 2. The Balaban J connectivity index is 2.67. The lowest BCUT2D eigenvalue weighted by Crippen LogP contribution is -1.88. The van der Waals surface area contributed by atoms with Crippen LogP contribution in [-0.4, -0.2) is 9.55 Å². The maximum absolute atomic E-state index is 3.80. The van der Waals surface area contributed by atoms with E-state index in [0.717, 1.165) is 12.2 Å². The van der Waals surface area contributed by atoms with Gasteiger partial charge in [0.05, 0.1) is 11.9 Å². The molecule has 2 radical (unpaired) electrons. The molecule has 1 aliphatic heterocycles. The van der Waals surface area contributed by atoms with Crippen LogP contribution < -0.4 is 0 Å². The Labute approximate surface area is 47.5 Å². The number of rotatable bonds is 0. The molecule has 38 valence electrons. The maximum Gasteiger partial charge on any atom is 0.177 e. The van der Waals surface area contributed by atoms with Crippen molar-refractivity contribution < 1.29 is 0 Å². The molecule has 1 aliphatic rings. The highest BCUT2D eigenvalue weighted by atomic mass is 15.0. The summed E-state index contributed by atoms with van der Waals surface area (Å²) in [5.74, 6) is 0. The number of imidazole rings is 1.